The molecule has 0 spiro atoms. The molecule has 1 aliphatic carbocycles. The Morgan fingerprint density at radius 2 is 2.24 bits per heavy atom. The fraction of sp³-hybridized carbons (Fsp3) is 0.500. The molecule has 3 rings (SSSR count). The monoisotopic (exact) mass is 287 g/mol. The summed E-state index contributed by atoms with van der Waals surface area (Å²) in [6.45, 7) is 6.04. The Labute approximate surface area is 123 Å². The van der Waals surface area contributed by atoms with Gasteiger partial charge in [-0.15, -0.1) is 0 Å². The molecule has 1 aliphatic rings. The number of hydrogen-bond donors (Lipinski definition) is 2. The minimum absolute atomic E-state index is 0.0202. The van der Waals surface area contributed by atoms with Gasteiger partial charge in [-0.25, -0.2) is 0 Å². The molecule has 5 heteroatoms. The molecule has 21 heavy (non-hydrogen) atoms. The highest BCUT2D eigenvalue weighted by Crippen LogP contribution is 2.31. The maximum atomic E-state index is 11.4. The highest BCUT2D eigenvalue weighted by molar-refractivity contribution is 5.29. The Morgan fingerprint density at radius 1 is 1.43 bits per heavy atom. The quantitative estimate of drug-likeness (QED) is 0.910. The first kappa shape index (κ1) is 14.1. The van der Waals surface area contributed by atoms with E-state index in [-0.39, 0.29) is 17.6 Å². The van der Waals surface area contributed by atoms with E-state index in [1.807, 2.05) is 19.9 Å². The Bertz CT molecular complexity index is 682. The van der Waals surface area contributed by atoms with Crippen molar-refractivity contribution < 1.29 is 4.52 Å². The zero-order valence-corrected chi connectivity index (χ0v) is 12.7. The van der Waals surface area contributed by atoms with Crippen LogP contribution in [0.1, 0.15) is 60.1 Å². The third kappa shape index (κ3) is 2.65. The van der Waals surface area contributed by atoms with Crippen molar-refractivity contribution in [3.8, 4) is 0 Å². The summed E-state index contributed by atoms with van der Waals surface area (Å²) in [7, 11) is 0. The van der Waals surface area contributed by atoms with Crippen molar-refractivity contribution >= 4 is 0 Å². The molecule has 2 N–H and O–H groups in total. The van der Waals surface area contributed by atoms with E-state index in [4.69, 9.17) is 4.52 Å². The summed E-state index contributed by atoms with van der Waals surface area (Å²) in [5, 5.41) is 7.68. The molecule has 0 aliphatic heterocycles. The van der Waals surface area contributed by atoms with Crippen molar-refractivity contribution in [2.24, 2.45) is 0 Å². The number of aromatic amines is 1. The van der Waals surface area contributed by atoms with Gasteiger partial charge in [-0.3, -0.25) is 4.79 Å². The van der Waals surface area contributed by atoms with Crippen LogP contribution in [-0.2, 0) is 6.42 Å². The standard InChI is InChI=1S/C16H21N3O2/c1-9(16-10(2)19-21-11(16)3)17-13-5-4-6-14-12(13)7-8-15(20)18-14/h7-9,13,17H,4-6H2,1-3H3,(H,18,20). The van der Waals surface area contributed by atoms with Crippen LogP contribution in [-0.4, -0.2) is 10.1 Å². The van der Waals surface area contributed by atoms with Gasteiger partial charge in [0.2, 0.25) is 5.56 Å². The molecule has 0 saturated heterocycles. The molecule has 2 atom stereocenters. The third-order valence-corrected chi connectivity index (χ3v) is 4.30. The Kier molecular flexibility index (Phi) is 3.68. The highest BCUT2D eigenvalue weighted by Gasteiger charge is 2.24. The first-order valence-corrected chi connectivity index (χ1v) is 7.47. The van der Waals surface area contributed by atoms with E-state index in [0.29, 0.717) is 0 Å². The molecule has 0 saturated carbocycles. The van der Waals surface area contributed by atoms with Crippen LogP contribution in [0.3, 0.4) is 0 Å². The number of H-pyrrole nitrogens is 1. The van der Waals surface area contributed by atoms with Crippen molar-refractivity contribution in [3.05, 3.63) is 50.8 Å². The second-order valence-electron chi connectivity index (χ2n) is 5.83. The van der Waals surface area contributed by atoms with Gasteiger partial charge < -0.3 is 14.8 Å². The number of pyridine rings is 1. The van der Waals surface area contributed by atoms with Gasteiger partial charge in [-0.1, -0.05) is 11.2 Å². The van der Waals surface area contributed by atoms with E-state index in [1.165, 1.54) is 5.56 Å². The van der Waals surface area contributed by atoms with E-state index in [2.05, 4.69) is 22.4 Å². The lowest BCUT2D eigenvalue weighted by Crippen LogP contribution is -2.29. The maximum absolute atomic E-state index is 11.4. The number of hydrogen-bond acceptors (Lipinski definition) is 4. The zero-order valence-electron chi connectivity index (χ0n) is 12.7. The molecule has 0 aromatic carbocycles. The van der Waals surface area contributed by atoms with Crippen LogP contribution in [0.25, 0.3) is 0 Å². The first-order valence-electron chi connectivity index (χ1n) is 7.47. The fourth-order valence-corrected chi connectivity index (χ4v) is 3.37. The SMILES string of the molecule is Cc1noc(C)c1C(C)NC1CCCc2[nH]c(=O)ccc21. The summed E-state index contributed by atoms with van der Waals surface area (Å²) in [6, 6.07) is 3.98. The molecular weight excluding hydrogens is 266 g/mol. The Morgan fingerprint density at radius 3 is 2.95 bits per heavy atom. The van der Waals surface area contributed by atoms with Gasteiger partial charge in [0.1, 0.15) is 5.76 Å². The number of aromatic nitrogens is 2. The molecule has 2 unspecified atom stereocenters. The molecule has 2 aromatic heterocycles. The largest absolute Gasteiger partial charge is 0.361 e. The average Bonchev–Trinajstić information content (AvgIpc) is 2.78. The number of aryl methyl sites for hydroxylation is 3. The predicted octanol–water partition coefficient (Wildman–Crippen LogP) is 2.71. The van der Waals surface area contributed by atoms with Gasteiger partial charge in [0, 0.05) is 29.4 Å². The molecular formula is C16H21N3O2. The van der Waals surface area contributed by atoms with E-state index in [0.717, 1.165) is 42.0 Å². The molecule has 0 bridgehead atoms. The molecule has 0 radical (unpaired) electrons. The predicted molar refractivity (Wildman–Crippen MR) is 80.3 cm³/mol. The van der Waals surface area contributed by atoms with Crippen LogP contribution in [0.15, 0.2) is 21.5 Å². The lowest BCUT2D eigenvalue weighted by atomic mass is 9.90. The van der Waals surface area contributed by atoms with Crippen molar-refractivity contribution in [2.75, 3.05) is 0 Å². The lowest BCUT2D eigenvalue weighted by molar-refractivity contribution is 0.384. The number of fused-ring (bicyclic) bond motifs is 1. The first-order chi connectivity index (χ1) is 10.1. The fourth-order valence-electron chi connectivity index (χ4n) is 3.37. The second-order valence-corrected chi connectivity index (χ2v) is 5.83. The third-order valence-electron chi connectivity index (χ3n) is 4.30. The van der Waals surface area contributed by atoms with Crippen LogP contribution in [0, 0.1) is 13.8 Å². The molecule has 2 aromatic rings. The number of nitrogens with one attached hydrogen (secondary N) is 2. The van der Waals surface area contributed by atoms with Crippen molar-refractivity contribution in [1.82, 2.24) is 15.5 Å². The normalized spacial score (nSPS) is 19.3. The van der Waals surface area contributed by atoms with Crippen molar-refractivity contribution in [2.45, 2.75) is 52.1 Å². The van der Waals surface area contributed by atoms with E-state index >= 15 is 0 Å². The summed E-state index contributed by atoms with van der Waals surface area (Å²) in [5.41, 5.74) is 4.32. The molecule has 0 amide bonds. The van der Waals surface area contributed by atoms with Gasteiger partial charge in [0.15, 0.2) is 0 Å². The van der Waals surface area contributed by atoms with Crippen molar-refractivity contribution in [3.63, 3.8) is 0 Å². The summed E-state index contributed by atoms with van der Waals surface area (Å²) in [4.78, 5) is 14.4. The van der Waals surface area contributed by atoms with Gasteiger partial charge >= 0.3 is 0 Å². The Hall–Kier alpha value is -1.88. The van der Waals surface area contributed by atoms with E-state index < -0.39 is 0 Å². The summed E-state index contributed by atoms with van der Waals surface area (Å²) >= 11 is 0. The van der Waals surface area contributed by atoms with Crippen LogP contribution >= 0.6 is 0 Å². The van der Waals surface area contributed by atoms with Gasteiger partial charge in [0.25, 0.3) is 0 Å². The molecule has 0 fully saturated rings. The van der Waals surface area contributed by atoms with E-state index in [9.17, 15) is 4.79 Å². The van der Waals surface area contributed by atoms with Gasteiger partial charge in [-0.05, 0) is 45.6 Å². The summed E-state index contributed by atoms with van der Waals surface area (Å²) in [5.74, 6) is 0.866. The molecule has 5 nitrogen and oxygen atoms in total. The van der Waals surface area contributed by atoms with E-state index in [1.54, 1.807) is 6.07 Å². The van der Waals surface area contributed by atoms with Crippen LogP contribution < -0.4 is 10.9 Å². The second kappa shape index (κ2) is 5.48. The smallest absolute Gasteiger partial charge is 0.248 e. The molecule has 2 heterocycles. The zero-order chi connectivity index (χ0) is 15.0. The Balaban J connectivity index is 1.85. The topological polar surface area (TPSA) is 70.9 Å². The lowest BCUT2D eigenvalue weighted by Gasteiger charge is -2.29. The van der Waals surface area contributed by atoms with Crippen LogP contribution in [0.2, 0.25) is 0 Å². The van der Waals surface area contributed by atoms with Crippen molar-refractivity contribution in [1.29, 1.82) is 0 Å². The van der Waals surface area contributed by atoms with Crippen LogP contribution in [0.5, 0.6) is 0 Å². The van der Waals surface area contributed by atoms with Crippen LogP contribution in [0.4, 0.5) is 0 Å². The number of rotatable bonds is 3. The minimum Gasteiger partial charge on any atom is -0.361 e. The maximum Gasteiger partial charge on any atom is 0.248 e. The summed E-state index contributed by atoms with van der Waals surface area (Å²) < 4.78 is 5.25. The average molecular weight is 287 g/mol. The highest BCUT2D eigenvalue weighted by atomic mass is 16.5. The minimum atomic E-state index is -0.0202. The van der Waals surface area contributed by atoms with Gasteiger partial charge in [0.05, 0.1) is 5.69 Å². The van der Waals surface area contributed by atoms with Gasteiger partial charge in [-0.2, -0.15) is 0 Å². The summed E-state index contributed by atoms with van der Waals surface area (Å²) in [6.07, 6.45) is 3.11. The number of nitrogens with zero attached hydrogens (tertiary/aromatic N) is 1. The molecule has 112 valence electrons.